The molecule has 2 aliphatic rings. The summed E-state index contributed by atoms with van der Waals surface area (Å²) in [5.41, 5.74) is 8.86. The molecule has 2 saturated heterocycles. The molecule has 2 fully saturated rings. The summed E-state index contributed by atoms with van der Waals surface area (Å²) >= 11 is 0. The van der Waals surface area contributed by atoms with E-state index in [1.807, 2.05) is 29.3 Å². The van der Waals surface area contributed by atoms with Gasteiger partial charge in [-0.05, 0) is 31.2 Å². The van der Waals surface area contributed by atoms with Gasteiger partial charge in [0, 0.05) is 36.8 Å². The van der Waals surface area contributed by atoms with E-state index < -0.39 is 6.03 Å². The molecule has 7 nitrogen and oxygen atoms in total. The highest BCUT2D eigenvalue weighted by molar-refractivity contribution is 5.87. The van der Waals surface area contributed by atoms with Gasteiger partial charge in [-0.15, -0.1) is 0 Å². The Morgan fingerprint density at radius 3 is 2.52 bits per heavy atom. The van der Waals surface area contributed by atoms with Crippen LogP contribution in [0.2, 0.25) is 0 Å². The molecule has 1 aromatic carbocycles. The number of nitrogens with two attached hydrogens (primary N) is 1. The standard InChI is InChI=1S/C20H25N5O2/c21-20(27)25-10-4-7-17(25)19(26)24-11-8-15(9-12-24)18-16(13-22-23-18)14-5-2-1-3-6-14/h1-3,5-6,13,15,17H,4,7-12H2,(H2,21,27)(H,22,23). The first-order chi connectivity index (χ1) is 13.1. The molecule has 27 heavy (non-hydrogen) atoms. The molecule has 3 heterocycles. The SMILES string of the molecule is NC(=O)N1CCCC1C(=O)N1CCC(c2[nH]ncc2-c2ccccc2)CC1. The van der Waals surface area contributed by atoms with Crippen molar-refractivity contribution >= 4 is 11.9 Å². The van der Waals surface area contributed by atoms with E-state index in [0.29, 0.717) is 32.0 Å². The Balaban J connectivity index is 1.42. The Labute approximate surface area is 158 Å². The van der Waals surface area contributed by atoms with Crippen LogP contribution in [0.5, 0.6) is 0 Å². The highest BCUT2D eigenvalue weighted by Gasteiger charge is 2.37. The number of likely N-dealkylation sites (tertiary alicyclic amines) is 2. The number of nitrogens with zero attached hydrogens (tertiary/aromatic N) is 3. The third-order valence-electron chi connectivity index (χ3n) is 5.79. The Hall–Kier alpha value is -2.83. The number of nitrogens with one attached hydrogen (secondary N) is 1. The van der Waals surface area contributed by atoms with Crippen LogP contribution >= 0.6 is 0 Å². The van der Waals surface area contributed by atoms with E-state index in [1.165, 1.54) is 4.90 Å². The maximum Gasteiger partial charge on any atom is 0.315 e. The third kappa shape index (κ3) is 3.41. The zero-order valence-corrected chi connectivity index (χ0v) is 15.3. The van der Waals surface area contributed by atoms with E-state index in [2.05, 4.69) is 22.3 Å². The minimum Gasteiger partial charge on any atom is -0.351 e. The predicted octanol–water partition coefficient (Wildman–Crippen LogP) is 2.33. The number of amides is 3. The number of hydrogen-bond acceptors (Lipinski definition) is 3. The van der Waals surface area contributed by atoms with Gasteiger partial charge in [0.1, 0.15) is 6.04 Å². The number of carbonyl (C=O) groups is 2. The number of carbonyl (C=O) groups excluding carboxylic acids is 2. The van der Waals surface area contributed by atoms with Gasteiger partial charge in [-0.2, -0.15) is 5.10 Å². The Morgan fingerprint density at radius 2 is 1.81 bits per heavy atom. The summed E-state index contributed by atoms with van der Waals surface area (Å²) in [4.78, 5) is 27.8. The molecule has 2 aromatic rings. The number of rotatable bonds is 3. The summed E-state index contributed by atoms with van der Waals surface area (Å²) in [5.74, 6) is 0.389. The molecule has 2 aliphatic heterocycles. The molecule has 0 radical (unpaired) electrons. The van der Waals surface area contributed by atoms with Crippen molar-refractivity contribution in [3.05, 3.63) is 42.2 Å². The number of hydrogen-bond donors (Lipinski definition) is 2. The zero-order chi connectivity index (χ0) is 18.8. The van der Waals surface area contributed by atoms with Crippen LogP contribution in [-0.4, -0.2) is 57.6 Å². The second-order valence-corrected chi connectivity index (χ2v) is 7.35. The largest absolute Gasteiger partial charge is 0.351 e. The number of piperidine rings is 1. The normalized spacial score (nSPS) is 20.8. The molecular weight excluding hydrogens is 342 g/mol. The molecule has 142 valence electrons. The van der Waals surface area contributed by atoms with Crippen LogP contribution in [0.1, 0.15) is 37.3 Å². The lowest BCUT2D eigenvalue weighted by Gasteiger charge is -2.35. The number of benzene rings is 1. The minimum atomic E-state index is -0.495. The van der Waals surface area contributed by atoms with E-state index in [4.69, 9.17) is 5.73 Å². The Morgan fingerprint density at radius 1 is 1.07 bits per heavy atom. The number of primary amides is 1. The maximum atomic E-state index is 12.9. The average molecular weight is 367 g/mol. The fourth-order valence-corrected chi connectivity index (χ4v) is 4.34. The van der Waals surface area contributed by atoms with Crippen LogP contribution < -0.4 is 5.73 Å². The van der Waals surface area contributed by atoms with Gasteiger partial charge in [-0.3, -0.25) is 9.89 Å². The van der Waals surface area contributed by atoms with Crippen molar-refractivity contribution in [2.24, 2.45) is 5.73 Å². The van der Waals surface area contributed by atoms with Gasteiger partial charge in [0.15, 0.2) is 0 Å². The predicted molar refractivity (Wildman–Crippen MR) is 102 cm³/mol. The van der Waals surface area contributed by atoms with Gasteiger partial charge in [0.2, 0.25) is 5.91 Å². The van der Waals surface area contributed by atoms with E-state index in [9.17, 15) is 9.59 Å². The van der Waals surface area contributed by atoms with Crippen LogP contribution in [-0.2, 0) is 4.79 Å². The van der Waals surface area contributed by atoms with Crippen LogP contribution in [0.25, 0.3) is 11.1 Å². The van der Waals surface area contributed by atoms with Gasteiger partial charge < -0.3 is 15.5 Å². The number of aromatic nitrogens is 2. The van der Waals surface area contributed by atoms with Crippen molar-refractivity contribution in [3.8, 4) is 11.1 Å². The maximum absolute atomic E-state index is 12.9. The molecule has 3 amide bonds. The zero-order valence-electron chi connectivity index (χ0n) is 15.3. The van der Waals surface area contributed by atoms with E-state index in [1.54, 1.807) is 0 Å². The molecule has 1 atom stereocenters. The first-order valence-electron chi connectivity index (χ1n) is 9.58. The highest BCUT2D eigenvalue weighted by atomic mass is 16.2. The summed E-state index contributed by atoms with van der Waals surface area (Å²) in [6.45, 7) is 1.97. The smallest absolute Gasteiger partial charge is 0.315 e. The van der Waals surface area contributed by atoms with Crippen LogP contribution in [0.4, 0.5) is 4.79 Å². The third-order valence-corrected chi connectivity index (χ3v) is 5.79. The van der Waals surface area contributed by atoms with Crippen molar-refractivity contribution in [1.29, 1.82) is 0 Å². The molecule has 0 bridgehead atoms. The van der Waals surface area contributed by atoms with E-state index in [-0.39, 0.29) is 11.9 Å². The van der Waals surface area contributed by atoms with Crippen LogP contribution in [0.3, 0.4) is 0 Å². The van der Waals surface area contributed by atoms with Crippen molar-refractivity contribution in [2.75, 3.05) is 19.6 Å². The van der Waals surface area contributed by atoms with E-state index in [0.717, 1.165) is 36.1 Å². The molecule has 1 unspecified atom stereocenters. The lowest BCUT2D eigenvalue weighted by molar-refractivity contribution is -0.136. The molecule has 0 aliphatic carbocycles. The van der Waals surface area contributed by atoms with Gasteiger partial charge in [-0.25, -0.2) is 4.79 Å². The van der Waals surface area contributed by atoms with Crippen LogP contribution in [0.15, 0.2) is 36.5 Å². The van der Waals surface area contributed by atoms with Crippen molar-refractivity contribution in [2.45, 2.75) is 37.6 Å². The van der Waals surface area contributed by atoms with Crippen molar-refractivity contribution in [3.63, 3.8) is 0 Å². The lowest BCUT2D eigenvalue weighted by Crippen LogP contribution is -2.51. The first kappa shape index (κ1) is 17.6. The summed E-state index contributed by atoms with van der Waals surface area (Å²) in [6.07, 6.45) is 5.20. The summed E-state index contributed by atoms with van der Waals surface area (Å²) < 4.78 is 0. The first-order valence-corrected chi connectivity index (χ1v) is 9.58. The molecule has 7 heteroatoms. The van der Waals surface area contributed by atoms with Gasteiger partial charge >= 0.3 is 6.03 Å². The van der Waals surface area contributed by atoms with Gasteiger partial charge in [0.25, 0.3) is 0 Å². The molecule has 3 N–H and O–H groups in total. The molecule has 0 saturated carbocycles. The topological polar surface area (TPSA) is 95.3 Å². The second kappa shape index (κ2) is 7.42. The Bertz CT molecular complexity index is 811. The fraction of sp³-hybridized carbons (Fsp3) is 0.450. The molecule has 4 rings (SSSR count). The van der Waals surface area contributed by atoms with E-state index >= 15 is 0 Å². The van der Waals surface area contributed by atoms with Crippen molar-refractivity contribution in [1.82, 2.24) is 20.0 Å². The quantitative estimate of drug-likeness (QED) is 0.871. The molecule has 1 aromatic heterocycles. The monoisotopic (exact) mass is 367 g/mol. The summed E-state index contributed by atoms with van der Waals surface area (Å²) in [5, 5.41) is 7.43. The fourth-order valence-electron chi connectivity index (χ4n) is 4.34. The number of aromatic amines is 1. The highest BCUT2D eigenvalue weighted by Crippen LogP contribution is 2.34. The van der Waals surface area contributed by atoms with Crippen molar-refractivity contribution < 1.29 is 9.59 Å². The Kier molecular flexibility index (Phi) is 4.83. The number of urea groups is 1. The summed E-state index contributed by atoms with van der Waals surface area (Å²) in [6, 6.07) is 9.36. The number of H-pyrrole nitrogens is 1. The lowest BCUT2D eigenvalue weighted by atomic mass is 9.89. The van der Waals surface area contributed by atoms with Gasteiger partial charge in [-0.1, -0.05) is 30.3 Å². The molecule has 0 spiro atoms. The average Bonchev–Trinajstić information content (AvgIpc) is 3.38. The van der Waals surface area contributed by atoms with Crippen LogP contribution in [0, 0.1) is 0 Å². The van der Waals surface area contributed by atoms with Gasteiger partial charge in [0.05, 0.1) is 6.20 Å². The second-order valence-electron chi connectivity index (χ2n) is 7.35. The summed E-state index contributed by atoms with van der Waals surface area (Å²) in [7, 11) is 0. The molecular formula is C20H25N5O2. The minimum absolute atomic E-state index is 0.0395.